The first kappa shape index (κ1) is 14.8. The molecule has 0 radical (unpaired) electrons. The highest BCUT2D eigenvalue weighted by Gasteiger charge is 2.23. The molecule has 0 aromatic heterocycles. The van der Waals surface area contributed by atoms with Crippen LogP contribution in [0.5, 0.6) is 0 Å². The van der Waals surface area contributed by atoms with Crippen LogP contribution < -0.4 is 0 Å². The maximum absolute atomic E-state index is 10.6. The Balaban J connectivity index is 1.70. The van der Waals surface area contributed by atoms with Crippen LogP contribution >= 0.6 is 0 Å². The van der Waals surface area contributed by atoms with E-state index in [0.717, 1.165) is 19.0 Å². The summed E-state index contributed by atoms with van der Waals surface area (Å²) in [4.78, 5) is 17.9. The molecule has 2 aliphatic heterocycles. The molecule has 0 aromatic rings. The van der Waals surface area contributed by atoms with E-state index in [2.05, 4.69) is 21.7 Å². The third kappa shape index (κ3) is 5.09. The Morgan fingerprint density at radius 1 is 1.16 bits per heavy atom. The average molecular weight is 269 g/mol. The van der Waals surface area contributed by atoms with Gasteiger partial charge in [-0.25, -0.2) is 0 Å². The quantitative estimate of drug-likeness (QED) is 0.784. The highest BCUT2D eigenvalue weighted by atomic mass is 16.4. The number of rotatable bonds is 5. The second-order valence-corrected chi connectivity index (χ2v) is 6.06. The van der Waals surface area contributed by atoms with Gasteiger partial charge in [0.2, 0.25) is 0 Å². The first-order valence-electron chi connectivity index (χ1n) is 7.48. The molecule has 0 bridgehead atoms. The molecule has 2 fully saturated rings. The maximum Gasteiger partial charge on any atom is 0.304 e. The topological polar surface area (TPSA) is 47.0 Å². The molecular formula is C14H27N3O2. The number of aliphatic carboxylic acids is 1. The summed E-state index contributed by atoms with van der Waals surface area (Å²) in [6.07, 6.45) is 2.80. The minimum Gasteiger partial charge on any atom is -0.481 e. The van der Waals surface area contributed by atoms with Gasteiger partial charge in [0.25, 0.3) is 0 Å². The zero-order chi connectivity index (χ0) is 13.7. The SMILES string of the molecule is CN1CCN(C[C@H]2CCCN(CCC(=O)O)C2)CC1. The number of likely N-dealkylation sites (N-methyl/N-ethyl adjacent to an activating group) is 1. The van der Waals surface area contributed by atoms with Gasteiger partial charge in [-0.1, -0.05) is 0 Å². The van der Waals surface area contributed by atoms with E-state index < -0.39 is 5.97 Å². The number of carboxylic acids is 1. The second-order valence-electron chi connectivity index (χ2n) is 6.06. The fourth-order valence-electron chi connectivity index (χ4n) is 3.15. The Labute approximate surface area is 116 Å². The summed E-state index contributed by atoms with van der Waals surface area (Å²) in [5, 5.41) is 8.76. The lowest BCUT2D eigenvalue weighted by atomic mass is 9.97. The van der Waals surface area contributed by atoms with Crippen LogP contribution in [0.1, 0.15) is 19.3 Å². The van der Waals surface area contributed by atoms with Crippen LogP contribution in [0.4, 0.5) is 0 Å². The molecule has 5 nitrogen and oxygen atoms in total. The van der Waals surface area contributed by atoms with Gasteiger partial charge in [-0.3, -0.25) is 4.79 Å². The van der Waals surface area contributed by atoms with Crippen molar-refractivity contribution in [2.24, 2.45) is 5.92 Å². The number of hydrogen-bond donors (Lipinski definition) is 1. The average Bonchev–Trinajstić information content (AvgIpc) is 2.40. The molecule has 0 aromatic carbocycles. The van der Waals surface area contributed by atoms with Crippen molar-refractivity contribution >= 4 is 5.97 Å². The molecule has 0 saturated carbocycles. The first-order valence-corrected chi connectivity index (χ1v) is 7.48. The van der Waals surface area contributed by atoms with E-state index >= 15 is 0 Å². The fourth-order valence-corrected chi connectivity index (χ4v) is 3.15. The lowest BCUT2D eigenvalue weighted by Crippen LogP contribution is -2.48. The van der Waals surface area contributed by atoms with Gasteiger partial charge in [0, 0.05) is 45.8 Å². The number of hydrogen-bond acceptors (Lipinski definition) is 4. The summed E-state index contributed by atoms with van der Waals surface area (Å²) in [7, 11) is 2.19. The Bertz CT molecular complexity index is 290. The van der Waals surface area contributed by atoms with Gasteiger partial charge in [-0.05, 0) is 32.4 Å². The van der Waals surface area contributed by atoms with E-state index in [0.29, 0.717) is 6.54 Å². The minimum absolute atomic E-state index is 0.279. The zero-order valence-electron chi connectivity index (χ0n) is 12.1. The minimum atomic E-state index is -0.679. The molecule has 0 spiro atoms. The molecular weight excluding hydrogens is 242 g/mol. The summed E-state index contributed by atoms with van der Waals surface area (Å²) in [6.45, 7) is 8.78. The molecule has 2 saturated heterocycles. The van der Waals surface area contributed by atoms with Gasteiger partial charge >= 0.3 is 5.97 Å². The highest BCUT2D eigenvalue weighted by Crippen LogP contribution is 2.18. The van der Waals surface area contributed by atoms with E-state index in [9.17, 15) is 4.79 Å². The van der Waals surface area contributed by atoms with Gasteiger partial charge < -0.3 is 19.8 Å². The summed E-state index contributed by atoms with van der Waals surface area (Å²) < 4.78 is 0. The third-order valence-corrected chi connectivity index (χ3v) is 4.36. The van der Waals surface area contributed by atoms with Crippen molar-refractivity contribution in [1.82, 2.24) is 14.7 Å². The Hall–Kier alpha value is -0.650. The number of carboxylic acid groups (broad SMARTS) is 1. The van der Waals surface area contributed by atoms with Gasteiger partial charge in [0.15, 0.2) is 0 Å². The molecule has 2 heterocycles. The van der Waals surface area contributed by atoms with Crippen molar-refractivity contribution in [2.45, 2.75) is 19.3 Å². The Kier molecular flexibility index (Phi) is 5.60. The van der Waals surface area contributed by atoms with E-state index in [1.807, 2.05) is 0 Å². The monoisotopic (exact) mass is 269 g/mol. The summed E-state index contributed by atoms with van der Waals surface area (Å²) in [6, 6.07) is 0. The Morgan fingerprint density at radius 2 is 1.89 bits per heavy atom. The molecule has 0 unspecified atom stereocenters. The standard InChI is InChI=1S/C14H27N3O2/c1-15-7-9-17(10-8-15)12-13-3-2-5-16(11-13)6-4-14(18)19/h13H,2-12H2,1H3,(H,18,19)/t13-/m0/s1. The van der Waals surface area contributed by atoms with Crippen LogP contribution in [0.25, 0.3) is 0 Å². The molecule has 1 atom stereocenters. The van der Waals surface area contributed by atoms with Crippen molar-refractivity contribution < 1.29 is 9.90 Å². The number of piperazine rings is 1. The van der Waals surface area contributed by atoms with Gasteiger partial charge in [0.05, 0.1) is 6.42 Å². The van der Waals surface area contributed by atoms with Crippen LogP contribution in [0, 0.1) is 5.92 Å². The highest BCUT2D eigenvalue weighted by molar-refractivity contribution is 5.66. The molecule has 0 amide bonds. The van der Waals surface area contributed by atoms with E-state index in [1.165, 1.54) is 45.6 Å². The molecule has 110 valence electrons. The van der Waals surface area contributed by atoms with E-state index in [1.54, 1.807) is 0 Å². The van der Waals surface area contributed by atoms with Gasteiger partial charge in [-0.15, -0.1) is 0 Å². The molecule has 2 aliphatic rings. The lowest BCUT2D eigenvalue weighted by molar-refractivity contribution is -0.137. The van der Waals surface area contributed by atoms with Crippen LogP contribution in [0.2, 0.25) is 0 Å². The lowest BCUT2D eigenvalue weighted by Gasteiger charge is -2.38. The largest absolute Gasteiger partial charge is 0.481 e. The van der Waals surface area contributed by atoms with E-state index in [-0.39, 0.29) is 6.42 Å². The van der Waals surface area contributed by atoms with Crippen molar-refractivity contribution in [3.8, 4) is 0 Å². The van der Waals surface area contributed by atoms with Crippen LogP contribution in [-0.2, 0) is 4.79 Å². The third-order valence-electron chi connectivity index (χ3n) is 4.36. The predicted octanol–water partition coefficient (Wildman–Crippen LogP) is 0.421. The van der Waals surface area contributed by atoms with Crippen LogP contribution in [0.15, 0.2) is 0 Å². The van der Waals surface area contributed by atoms with Gasteiger partial charge in [-0.2, -0.15) is 0 Å². The van der Waals surface area contributed by atoms with Crippen molar-refractivity contribution in [2.75, 3.05) is 59.4 Å². The number of piperidine rings is 1. The second kappa shape index (κ2) is 7.22. The van der Waals surface area contributed by atoms with Crippen molar-refractivity contribution in [3.05, 3.63) is 0 Å². The number of likely N-dealkylation sites (tertiary alicyclic amines) is 1. The summed E-state index contributed by atoms with van der Waals surface area (Å²) in [5.74, 6) is 0.0483. The van der Waals surface area contributed by atoms with Crippen molar-refractivity contribution in [1.29, 1.82) is 0 Å². The Morgan fingerprint density at radius 3 is 2.58 bits per heavy atom. The zero-order valence-corrected chi connectivity index (χ0v) is 12.1. The van der Waals surface area contributed by atoms with E-state index in [4.69, 9.17) is 5.11 Å². The summed E-state index contributed by atoms with van der Waals surface area (Å²) >= 11 is 0. The normalized spacial score (nSPS) is 27.5. The summed E-state index contributed by atoms with van der Waals surface area (Å²) in [5.41, 5.74) is 0. The smallest absolute Gasteiger partial charge is 0.304 e. The number of carbonyl (C=O) groups is 1. The maximum atomic E-state index is 10.6. The molecule has 2 rings (SSSR count). The predicted molar refractivity (Wildman–Crippen MR) is 75.4 cm³/mol. The fraction of sp³-hybridized carbons (Fsp3) is 0.929. The molecule has 19 heavy (non-hydrogen) atoms. The number of nitrogens with zero attached hydrogens (tertiary/aromatic N) is 3. The van der Waals surface area contributed by atoms with Crippen LogP contribution in [-0.4, -0.2) is 85.2 Å². The van der Waals surface area contributed by atoms with Gasteiger partial charge in [0.1, 0.15) is 0 Å². The van der Waals surface area contributed by atoms with Crippen molar-refractivity contribution in [3.63, 3.8) is 0 Å². The molecule has 1 N–H and O–H groups in total. The van der Waals surface area contributed by atoms with Crippen LogP contribution in [0.3, 0.4) is 0 Å². The molecule has 0 aliphatic carbocycles. The first-order chi connectivity index (χ1) is 9.13. The molecule has 5 heteroatoms.